The molecule has 0 spiro atoms. The Balaban J connectivity index is 1.82. The van der Waals surface area contributed by atoms with E-state index in [1.54, 1.807) is 42.9 Å². The maximum atomic E-state index is 13.6. The zero-order valence-corrected chi connectivity index (χ0v) is 19.5. The van der Waals surface area contributed by atoms with E-state index in [0.717, 1.165) is 18.7 Å². The lowest BCUT2D eigenvalue weighted by atomic mass is 9.87. The van der Waals surface area contributed by atoms with Crippen molar-refractivity contribution in [1.82, 2.24) is 14.4 Å². The van der Waals surface area contributed by atoms with E-state index in [1.807, 2.05) is 12.1 Å². The lowest BCUT2D eigenvalue weighted by molar-refractivity contribution is -0.148. The zero-order chi connectivity index (χ0) is 23.9. The molecule has 2 aliphatic heterocycles. The molecule has 1 fully saturated rings. The fourth-order valence-electron chi connectivity index (χ4n) is 5.49. The van der Waals surface area contributed by atoms with Gasteiger partial charge in [-0.05, 0) is 42.8 Å². The summed E-state index contributed by atoms with van der Waals surface area (Å²) in [6.45, 7) is 3.09. The normalized spacial score (nSPS) is 23.8. The molecule has 33 heavy (non-hydrogen) atoms. The topological polar surface area (TPSA) is 92.1 Å². The van der Waals surface area contributed by atoms with Crippen molar-refractivity contribution in [1.29, 1.82) is 0 Å². The average Bonchev–Trinajstić information content (AvgIpc) is 3.03. The van der Waals surface area contributed by atoms with Crippen LogP contribution in [0.15, 0.2) is 41.2 Å². The van der Waals surface area contributed by atoms with Crippen LogP contribution in [-0.4, -0.2) is 71.7 Å². The average molecular weight is 454 g/mol. The first-order valence-electron chi connectivity index (χ1n) is 11.3. The minimum absolute atomic E-state index is 0.130. The van der Waals surface area contributed by atoms with Crippen LogP contribution in [0.3, 0.4) is 0 Å². The Bertz CT molecular complexity index is 1130. The van der Waals surface area contributed by atoms with Crippen LogP contribution < -0.4 is 5.56 Å². The highest BCUT2D eigenvalue weighted by Gasteiger charge is 2.55. The van der Waals surface area contributed by atoms with Crippen molar-refractivity contribution < 1.29 is 19.4 Å². The van der Waals surface area contributed by atoms with Gasteiger partial charge in [-0.15, -0.1) is 0 Å². The van der Waals surface area contributed by atoms with Gasteiger partial charge < -0.3 is 19.3 Å². The van der Waals surface area contributed by atoms with E-state index in [0.29, 0.717) is 23.2 Å². The highest BCUT2D eigenvalue weighted by molar-refractivity contribution is 5.95. The fourth-order valence-corrected chi connectivity index (χ4v) is 5.49. The van der Waals surface area contributed by atoms with Crippen molar-refractivity contribution in [2.45, 2.75) is 32.0 Å². The van der Waals surface area contributed by atoms with Crippen molar-refractivity contribution in [2.24, 2.45) is 11.8 Å². The van der Waals surface area contributed by atoms with E-state index in [9.17, 15) is 19.5 Å². The highest BCUT2D eigenvalue weighted by atomic mass is 16.5. The number of esters is 1. The summed E-state index contributed by atoms with van der Waals surface area (Å²) in [6.07, 6.45) is 0.897. The van der Waals surface area contributed by atoms with Crippen LogP contribution in [0.2, 0.25) is 0 Å². The third kappa shape index (κ3) is 3.77. The van der Waals surface area contributed by atoms with Crippen LogP contribution in [-0.2, 0) is 16.1 Å². The van der Waals surface area contributed by atoms with Gasteiger partial charge in [0, 0.05) is 56.0 Å². The number of pyridine rings is 1. The van der Waals surface area contributed by atoms with Gasteiger partial charge in [0.1, 0.15) is 0 Å². The molecule has 0 aliphatic carbocycles. The van der Waals surface area contributed by atoms with E-state index in [1.165, 1.54) is 12.0 Å². The third-order valence-corrected chi connectivity index (χ3v) is 6.95. The molecule has 2 aliphatic rings. The second-order valence-corrected chi connectivity index (χ2v) is 9.01. The molecule has 1 amide bonds. The molecule has 8 heteroatoms. The molecule has 0 radical (unpaired) electrons. The van der Waals surface area contributed by atoms with Gasteiger partial charge in [0.25, 0.3) is 11.5 Å². The molecule has 1 aromatic heterocycles. The van der Waals surface area contributed by atoms with Crippen LogP contribution in [0.4, 0.5) is 0 Å². The second kappa shape index (κ2) is 9.11. The Hall–Kier alpha value is -2.97. The van der Waals surface area contributed by atoms with Gasteiger partial charge in [-0.2, -0.15) is 0 Å². The molecule has 4 rings (SSSR count). The Morgan fingerprint density at radius 1 is 1.21 bits per heavy atom. The largest absolute Gasteiger partial charge is 0.469 e. The number of ether oxygens (including phenoxy) is 1. The van der Waals surface area contributed by atoms with E-state index in [4.69, 9.17) is 4.74 Å². The Kier molecular flexibility index (Phi) is 6.41. The number of hydrogen-bond acceptors (Lipinski definition) is 6. The molecule has 4 atom stereocenters. The number of methoxy groups -OCH3 is 1. The molecule has 8 nitrogen and oxygen atoms in total. The smallest absolute Gasteiger partial charge is 0.311 e. The lowest BCUT2D eigenvalue weighted by Crippen LogP contribution is -2.46. The van der Waals surface area contributed by atoms with Crippen molar-refractivity contribution in [3.8, 4) is 11.1 Å². The number of nitrogens with zero attached hydrogens (tertiary/aromatic N) is 3. The number of benzene rings is 1. The zero-order valence-electron chi connectivity index (χ0n) is 19.5. The van der Waals surface area contributed by atoms with Gasteiger partial charge in [0.15, 0.2) is 0 Å². The van der Waals surface area contributed by atoms with E-state index in [2.05, 4.69) is 11.8 Å². The Morgan fingerprint density at radius 2 is 1.97 bits per heavy atom. The SMILES string of the molecule is CCCN1[C@@H]2Cn3c(ccc(-c4cccc(C(=O)N(C)C)c4)c3=O)[C@H]1[C@@H](C(=O)OC)[C@@H]2CO. The molecule has 0 saturated carbocycles. The van der Waals surface area contributed by atoms with E-state index in [-0.39, 0.29) is 42.0 Å². The maximum Gasteiger partial charge on any atom is 0.311 e. The van der Waals surface area contributed by atoms with Gasteiger partial charge in [0.2, 0.25) is 0 Å². The fraction of sp³-hybridized carbons (Fsp3) is 0.480. The Morgan fingerprint density at radius 3 is 2.61 bits per heavy atom. The first kappa shape index (κ1) is 23.2. The monoisotopic (exact) mass is 453 g/mol. The van der Waals surface area contributed by atoms with Crippen molar-refractivity contribution >= 4 is 11.9 Å². The van der Waals surface area contributed by atoms with Crippen LogP contribution in [0.25, 0.3) is 11.1 Å². The second-order valence-electron chi connectivity index (χ2n) is 9.01. The number of amides is 1. The summed E-state index contributed by atoms with van der Waals surface area (Å²) in [4.78, 5) is 42.5. The predicted octanol–water partition coefficient (Wildman–Crippen LogP) is 1.76. The number of aliphatic hydroxyl groups is 1. The quantitative estimate of drug-likeness (QED) is 0.671. The summed E-state index contributed by atoms with van der Waals surface area (Å²) < 4.78 is 6.83. The number of rotatable bonds is 6. The first-order valence-corrected chi connectivity index (χ1v) is 11.3. The maximum absolute atomic E-state index is 13.6. The molecule has 176 valence electrons. The van der Waals surface area contributed by atoms with Gasteiger partial charge in [-0.25, -0.2) is 0 Å². The summed E-state index contributed by atoms with van der Waals surface area (Å²) in [5.74, 6) is -1.33. The molecule has 2 bridgehead atoms. The van der Waals surface area contributed by atoms with Gasteiger partial charge in [0.05, 0.1) is 19.1 Å². The summed E-state index contributed by atoms with van der Waals surface area (Å²) in [5.41, 5.74) is 2.30. The molecular weight excluding hydrogens is 422 g/mol. The molecule has 2 aromatic rings. The number of carbonyl (C=O) groups is 2. The summed E-state index contributed by atoms with van der Waals surface area (Å²) in [5, 5.41) is 10.2. The minimum Gasteiger partial charge on any atom is -0.469 e. The molecule has 0 unspecified atom stereocenters. The number of carbonyl (C=O) groups excluding carboxylic acids is 2. The van der Waals surface area contributed by atoms with Crippen molar-refractivity contribution in [3.63, 3.8) is 0 Å². The number of aromatic nitrogens is 1. The highest BCUT2D eigenvalue weighted by Crippen LogP contribution is 2.48. The minimum atomic E-state index is -0.531. The van der Waals surface area contributed by atoms with E-state index >= 15 is 0 Å². The number of hydrogen-bond donors (Lipinski definition) is 1. The summed E-state index contributed by atoms with van der Waals surface area (Å²) in [6, 6.07) is 10.3. The standard InChI is InChI=1S/C25H31N3O5/c1-5-11-27-20-13-28-19(22(27)21(18(20)14-29)25(32)33-4)10-9-17(24(28)31)15-7-6-8-16(12-15)23(30)26(2)3/h6-10,12,18,20-22,29H,5,11,13-14H2,1-4H3/t18-,20-,21+,22+/m1/s1. The van der Waals surface area contributed by atoms with Crippen molar-refractivity contribution in [3.05, 3.63) is 58.0 Å². The Labute approximate surface area is 193 Å². The van der Waals surface area contributed by atoms with Gasteiger partial charge >= 0.3 is 5.97 Å². The molecule has 1 saturated heterocycles. The predicted molar refractivity (Wildman–Crippen MR) is 124 cm³/mol. The number of fused-ring (bicyclic) bond motifs is 4. The van der Waals surface area contributed by atoms with Crippen LogP contribution >= 0.6 is 0 Å². The van der Waals surface area contributed by atoms with Crippen LogP contribution in [0.1, 0.15) is 35.4 Å². The molecule has 1 aromatic carbocycles. The van der Waals surface area contributed by atoms with Gasteiger partial charge in [-0.3, -0.25) is 19.3 Å². The lowest BCUT2D eigenvalue weighted by Gasteiger charge is -2.38. The molecule has 3 heterocycles. The third-order valence-electron chi connectivity index (χ3n) is 6.95. The van der Waals surface area contributed by atoms with Crippen LogP contribution in [0.5, 0.6) is 0 Å². The van der Waals surface area contributed by atoms with E-state index < -0.39 is 5.92 Å². The van der Waals surface area contributed by atoms with Crippen molar-refractivity contribution in [2.75, 3.05) is 34.4 Å². The molecular formula is C25H31N3O5. The summed E-state index contributed by atoms with van der Waals surface area (Å²) in [7, 11) is 4.74. The molecule has 1 N–H and O–H groups in total. The van der Waals surface area contributed by atoms with Gasteiger partial charge in [-0.1, -0.05) is 19.1 Å². The summed E-state index contributed by atoms with van der Waals surface area (Å²) >= 11 is 0. The number of aliphatic hydroxyl groups excluding tert-OH is 1. The van der Waals surface area contributed by atoms with Crippen LogP contribution in [0, 0.1) is 11.8 Å². The first-order chi connectivity index (χ1) is 15.8.